The monoisotopic (exact) mass is 174 g/mol. The lowest BCUT2D eigenvalue weighted by molar-refractivity contribution is 0.184. The molecule has 1 aliphatic rings. The lowest BCUT2D eigenvalue weighted by Crippen LogP contribution is -2.29. The number of amidine groups is 1. The third-order valence-corrected chi connectivity index (χ3v) is 1.19. The molecule has 0 aliphatic carbocycles. The van der Waals surface area contributed by atoms with Crippen molar-refractivity contribution in [1.82, 2.24) is 14.7 Å². The van der Waals surface area contributed by atoms with Gasteiger partial charge in [-0.2, -0.15) is 0 Å². The van der Waals surface area contributed by atoms with E-state index in [1.54, 1.807) is 0 Å². The fourth-order valence-corrected chi connectivity index (χ4v) is 0.712. The zero-order valence-electron chi connectivity index (χ0n) is 3.48. The molecular formula is CHCl3N4. The normalized spacial score (nSPS) is 20.9. The van der Waals surface area contributed by atoms with Crippen molar-refractivity contribution < 1.29 is 0 Å². The summed E-state index contributed by atoms with van der Waals surface area (Å²) < 4.78 is 1.74. The van der Waals surface area contributed by atoms with Gasteiger partial charge in [-0.15, -0.1) is 5.10 Å². The van der Waals surface area contributed by atoms with E-state index in [-0.39, 0.29) is 5.29 Å². The Hall–Kier alpha value is 0.1000. The maximum absolute atomic E-state index is 5.29. The Morgan fingerprint density at radius 2 is 2.12 bits per heavy atom. The number of nitrogens with zero attached hydrogens (tertiary/aromatic N) is 3. The predicted molar refractivity (Wildman–Crippen MR) is 31.8 cm³/mol. The van der Waals surface area contributed by atoms with Crippen molar-refractivity contribution in [2.45, 2.75) is 0 Å². The Labute approximate surface area is 60.7 Å². The van der Waals surface area contributed by atoms with Crippen molar-refractivity contribution in [2.75, 3.05) is 0 Å². The van der Waals surface area contributed by atoms with E-state index in [0.717, 1.165) is 9.27 Å². The summed E-state index contributed by atoms with van der Waals surface area (Å²) in [5, 5.41) is 3.57. The second-order valence-corrected chi connectivity index (χ2v) is 1.98. The van der Waals surface area contributed by atoms with E-state index >= 15 is 0 Å². The minimum Gasteiger partial charge on any atom is -0.257 e. The first-order chi connectivity index (χ1) is 3.70. The van der Waals surface area contributed by atoms with Crippen LogP contribution in [0.2, 0.25) is 0 Å². The summed E-state index contributed by atoms with van der Waals surface area (Å²) in [4.78, 5) is 0. The highest BCUT2D eigenvalue weighted by molar-refractivity contribution is 6.65. The van der Waals surface area contributed by atoms with E-state index in [4.69, 9.17) is 35.2 Å². The summed E-state index contributed by atoms with van der Waals surface area (Å²) in [5.74, 6) is 0. The van der Waals surface area contributed by atoms with Gasteiger partial charge < -0.3 is 0 Å². The zero-order chi connectivity index (χ0) is 6.15. The fourth-order valence-electron chi connectivity index (χ4n) is 0.251. The number of hydrogen-bond donors (Lipinski definition) is 1. The maximum atomic E-state index is 5.29. The molecule has 46 valence electrons. The molecule has 0 unspecified atom stereocenters. The minimum absolute atomic E-state index is 0.134. The molecule has 0 fully saturated rings. The van der Waals surface area contributed by atoms with Crippen LogP contribution in [0.1, 0.15) is 0 Å². The molecule has 0 saturated heterocycles. The second-order valence-electron chi connectivity index (χ2n) is 1.00. The Kier molecular flexibility index (Phi) is 1.67. The van der Waals surface area contributed by atoms with E-state index in [1.165, 1.54) is 0 Å². The summed E-state index contributed by atoms with van der Waals surface area (Å²) in [6.07, 6.45) is 0. The third kappa shape index (κ3) is 1.08. The number of hydrogen-bond acceptors (Lipinski definition) is 4. The number of hydrazine groups is 2. The largest absolute Gasteiger partial charge is 0.257 e. The Bertz CT molecular complexity index is 122. The van der Waals surface area contributed by atoms with Crippen molar-refractivity contribution in [2.24, 2.45) is 5.10 Å². The molecule has 1 N–H and O–H groups in total. The first-order valence-corrected chi connectivity index (χ1v) is 2.68. The molecule has 0 aromatic rings. The molecule has 0 bridgehead atoms. The van der Waals surface area contributed by atoms with Gasteiger partial charge in [0, 0.05) is 11.8 Å². The van der Waals surface area contributed by atoms with Gasteiger partial charge in [-0.1, -0.05) is 4.64 Å². The summed E-state index contributed by atoms with van der Waals surface area (Å²) in [5.41, 5.74) is 2.37. The lowest BCUT2D eigenvalue weighted by atomic mass is 11.3. The average Bonchev–Trinajstić information content (AvgIpc) is 1.85. The topological polar surface area (TPSA) is 30.9 Å². The van der Waals surface area contributed by atoms with Gasteiger partial charge in [0.1, 0.15) is 0 Å². The van der Waals surface area contributed by atoms with Gasteiger partial charge in [0.2, 0.25) is 5.29 Å². The first kappa shape index (κ1) is 6.22. The highest BCUT2D eigenvalue weighted by Gasteiger charge is 2.17. The van der Waals surface area contributed by atoms with Gasteiger partial charge in [-0.05, 0) is 16.2 Å². The Balaban J connectivity index is 2.56. The average molecular weight is 175 g/mol. The van der Waals surface area contributed by atoms with E-state index in [0.29, 0.717) is 0 Å². The van der Waals surface area contributed by atoms with Crippen LogP contribution in [0.5, 0.6) is 0 Å². The Morgan fingerprint density at radius 1 is 1.50 bits per heavy atom. The van der Waals surface area contributed by atoms with Crippen LogP contribution >= 0.6 is 35.2 Å². The molecule has 7 heteroatoms. The minimum atomic E-state index is 0.134. The molecule has 1 heterocycles. The van der Waals surface area contributed by atoms with Gasteiger partial charge in [0.15, 0.2) is 0 Å². The highest BCUT2D eigenvalue weighted by atomic mass is 35.5. The molecule has 1 rings (SSSR count). The molecule has 1 aliphatic heterocycles. The van der Waals surface area contributed by atoms with E-state index in [9.17, 15) is 0 Å². The predicted octanol–water partition coefficient (Wildman–Crippen LogP) is 0.841. The van der Waals surface area contributed by atoms with Gasteiger partial charge in [-0.3, -0.25) is 5.43 Å². The van der Waals surface area contributed by atoms with Crippen LogP contribution in [-0.4, -0.2) is 14.6 Å². The van der Waals surface area contributed by atoms with Crippen molar-refractivity contribution in [1.29, 1.82) is 0 Å². The number of nitrogens with one attached hydrogen (secondary N) is 1. The molecule has 0 atom stereocenters. The van der Waals surface area contributed by atoms with Crippen LogP contribution in [0.4, 0.5) is 0 Å². The number of rotatable bonds is 0. The summed E-state index contributed by atoms with van der Waals surface area (Å²) >= 11 is 15.8. The van der Waals surface area contributed by atoms with Crippen LogP contribution in [0.25, 0.3) is 0 Å². The van der Waals surface area contributed by atoms with Gasteiger partial charge in [-0.25, -0.2) is 0 Å². The van der Waals surface area contributed by atoms with Crippen molar-refractivity contribution >= 4 is 40.4 Å². The summed E-state index contributed by atoms with van der Waals surface area (Å²) in [7, 11) is 0. The van der Waals surface area contributed by atoms with Crippen LogP contribution in [-0.2, 0) is 0 Å². The molecule has 4 nitrogen and oxygen atoms in total. The third-order valence-electron chi connectivity index (χ3n) is 0.500. The molecule has 0 amide bonds. The Morgan fingerprint density at radius 3 is 2.25 bits per heavy atom. The van der Waals surface area contributed by atoms with Crippen LogP contribution in [0.15, 0.2) is 5.10 Å². The molecule has 0 aromatic carbocycles. The van der Waals surface area contributed by atoms with Gasteiger partial charge >= 0.3 is 0 Å². The lowest BCUT2D eigenvalue weighted by Gasteiger charge is -2.07. The fraction of sp³-hybridized carbons (Fsp3) is 0. The number of halogens is 3. The van der Waals surface area contributed by atoms with E-state index in [1.807, 2.05) is 0 Å². The quantitative estimate of drug-likeness (QED) is 0.437. The summed E-state index contributed by atoms with van der Waals surface area (Å²) in [6.45, 7) is 0. The highest BCUT2D eigenvalue weighted by Crippen LogP contribution is 2.10. The first-order valence-electron chi connectivity index (χ1n) is 1.62. The molecule has 0 radical (unpaired) electrons. The van der Waals surface area contributed by atoms with Crippen molar-refractivity contribution in [3.8, 4) is 0 Å². The van der Waals surface area contributed by atoms with E-state index < -0.39 is 0 Å². The van der Waals surface area contributed by atoms with E-state index in [2.05, 4.69) is 10.5 Å². The second kappa shape index (κ2) is 2.14. The number of hydrazone groups is 1. The molecule has 0 aromatic heterocycles. The van der Waals surface area contributed by atoms with Crippen LogP contribution in [0, 0.1) is 0 Å². The SMILES string of the molecule is ClC1=NN(Cl)N(Cl)N1. The smallest absolute Gasteiger partial charge is 0.234 e. The molecule has 8 heavy (non-hydrogen) atoms. The van der Waals surface area contributed by atoms with Crippen LogP contribution in [0.3, 0.4) is 0 Å². The molecule has 0 spiro atoms. The van der Waals surface area contributed by atoms with Gasteiger partial charge in [0.25, 0.3) is 0 Å². The molecule has 0 saturated carbocycles. The van der Waals surface area contributed by atoms with Gasteiger partial charge in [0.05, 0.1) is 11.8 Å². The van der Waals surface area contributed by atoms with Crippen molar-refractivity contribution in [3.05, 3.63) is 0 Å². The van der Waals surface area contributed by atoms with Crippen molar-refractivity contribution in [3.63, 3.8) is 0 Å². The maximum Gasteiger partial charge on any atom is 0.234 e. The summed E-state index contributed by atoms with van der Waals surface area (Å²) in [6, 6.07) is 0. The molecular weight excluding hydrogens is 174 g/mol. The van der Waals surface area contributed by atoms with Crippen LogP contribution < -0.4 is 5.43 Å². The standard InChI is InChI=1S/CHCl3N4/c2-1-5-7(3)8(4)6-1/h(H,5,6). The zero-order valence-corrected chi connectivity index (χ0v) is 5.74.